The van der Waals surface area contributed by atoms with E-state index in [1.54, 1.807) is 30.3 Å². The van der Waals surface area contributed by atoms with Crippen LogP contribution in [0, 0.1) is 5.92 Å². The van der Waals surface area contributed by atoms with Crippen LogP contribution < -0.4 is 5.32 Å². The number of alkyl halides is 3. The van der Waals surface area contributed by atoms with E-state index in [0.717, 1.165) is 12.4 Å². The lowest BCUT2D eigenvalue weighted by Crippen LogP contribution is -2.35. The van der Waals surface area contributed by atoms with Gasteiger partial charge in [-0.3, -0.25) is 9.59 Å². The van der Waals surface area contributed by atoms with Gasteiger partial charge in [-0.15, -0.1) is 0 Å². The van der Waals surface area contributed by atoms with Crippen LogP contribution in [-0.4, -0.2) is 27.0 Å². The zero-order chi connectivity index (χ0) is 18.6. The van der Waals surface area contributed by atoms with Gasteiger partial charge in [0.1, 0.15) is 0 Å². The van der Waals surface area contributed by atoms with Crippen LogP contribution >= 0.6 is 0 Å². The van der Waals surface area contributed by atoms with Gasteiger partial charge in [0.2, 0.25) is 5.82 Å². The predicted molar refractivity (Wildman–Crippen MR) is 80.5 cm³/mol. The molecule has 2 N–H and O–H groups in total. The molecule has 0 saturated carbocycles. The third-order valence-corrected chi connectivity index (χ3v) is 3.50. The Morgan fingerprint density at radius 2 is 1.68 bits per heavy atom. The molecule has 6 nitrogen and oxygen atoms in total. The number of aromatic nitrogens is 2. The Morgan fingerprint density at radius 3 is 2.16 bits per heavy atom. The van der Waals surface area contributed by atoms with Crippen molar-refractivity contribution >= 4 is 11.9 Å². The van der Waals surface area contributed by atoms with Crippen molar-refractivity contribution in [1.82, 2.24) is 15.3 Å². The van der Waals surface area contributed by atoms with Gasteiger partial charge in [0.15, 0.2) is 0 Å². The quantitative estimate of drug-likeness (QED) is 0.862. The molecule has 1 amide bonds. The highest BCUT2D eigenvalue weighted by Gasteiger charge is 2.34. The summed E-state index contributed by atoms with van der Waals surface area (Å²) in [6.45, 7) is 1.42. The Labute approximate surface area is 140 Å². The zero-order valence-electron chi connectivity index (χ0n) is 13.0. The van der Waals surface area contributed by atoms with Gasteiger partial charge >= 0.3 is 12.1 Å². The molecular weight excluding hydrogens is 339 g/mol. The van der Waals surface area contributed by atoms with E-state index in [-0.39, 0.29) is 5.56 Å². The first-order valence-corrected chi connectivity index (χ1v) is 7.18. The van der Waals surface area contributed by atoms with Crippen molar-refractivity contribution in [2.75, 3.05) is 0 Å². The number of amides is 1. The molecule has 25 heavy (non-hydrogen) atoms. The number of aliphatic carboxylic acids is 1. The van der Waals surface area contributed by atoms with Gasteiger partial charge in [-0.25, -0.2) is 9.97 Å². The van der Waals surface area contributed by atoms with Crippen molar-refractivity contribution in [3.8, 4) is 0 Å². The first-order valence-electron chi connectivity index (χ1n) is 7.18. The molecule has 1 aromatic heterocycles. The molecule has 2 aromatic rings. The molecule has 2 atom stereocenters. The molecule has 0 aliphatic heterocycles. The Bertz CT molecular complexity index is 749. The molecule has 132 valence electrons. The number of hydrogen-bond acceptors (Lipinski definition) is 4. The van der Waals surface area contributed by atoms with Crippen molar-refractivity contribution in [2.45, 2.75) is 19.1 Å². The molecule has 0 aliphatic carbocycles. The molecule has 0 radical (unpaired) electrons. The fourth-order valence-electron chi connectivity index (χ4n) is 2.12. The molecular formula is C16H14F3N3O3. The highest BCUT2D eigenvalue weighted by Crippen LogP contribution is 2.26. The number of hydrogen-bond donors (Lipinski definition) is 2. The van der Waals surface area contributed by atoms with Crippen LogP contribution in [-0.2, 0) is 11.0 Å². The van der Waals surface area contributed by atoms with Crippen molar-refractivity contribution in [1.29, 1.82) is 0 Å². The highest BCUT2D eigenvalue weighted by molar-refractivity contribution is 5.94. The number of halogens is 3. The topological polar surface area (TPSA) is 92.2 Å². The third-order valence-electron chi connectivity index (χ3n) is 3.50. The second kappa shape index (κ2) is 7.29. The van der Waals surface area contributed by atoms with Crippen LogP contribution in [0.5, 0.6) is 0 Å². The lowest BCUT2D eigenvalue weighted by molar-refractivity contribution is -0.145. The van der Waals surface area contributed by atoms with Crippen molar-refractivity contribution < 1.29 is 27.9 Å². The van der Waals surface area contributed by atoms with E-state index in [9.17, 15) is 27.9 Å². The number of benzene rings is 1. The lowest BCUT2D eigenvalue weighted by Gasteiger charge is -2.23. The number of nitrogens with zero attached hydrogens (tertiary/aromatic N) is 2. The van der Waals surface area contributed by atoms with E-state index in [0.29, 0.717) is 5.56 Å². The second-order valence-corrected chi connectivity index (χ2v) is 5.28. The van der Waals surface area contributed by atoms with Gasteiger partial charge in [0.05, 0.1) is 17.5 Å². The number of carbonyl (C=O) groups is 2. The number of carbonyl (C=O) groups excluding carboxylic acids is 1. The maximum atomic E-state index is 12.5. The predicted octanol–water partition coefficient (Wildman–Crippen LogP) is 2.69. The van der Waals surface area contributed by atoms with Crippen LogP contribution in [0.1, 0.15) is 34.7 Å². The summed E-state index contributed by atoms with van der Waals surface area (Å²) < 4.78 is 37.4. The smallest absolute Gasteiger partial charge is 0.451 e. The fraction of sp³-hybridized carbons (Fsp3) is 0.250. The molecule has 2 unspecified atom stereocenters. The minimum atomic E-state index is -4.71. The summed E-state index contributed by atoms with van der Waals surface area (Å²) in [5, 5.41) is 11.7. The summed E-state index contributed by atoms with van der Waals surface area (Å²) >= 11 is 0. The van der Waals surface area contributed by atoms with Gasteiger partial charge < -0.3 is 10.4 Å². The largest absolute Gasteiger partial charge is 0.481 e. The maximum Gasteiger partial charge on any atom is 0.451 e. The summed E-state index contributed by atoms with van der Waals surface area (Å²) in [5.41, 5.74) is 0.352. The number of carboxylic acids is 1. The van der Waals surface area contributed by atoms with Gasteiger partial charge in [-0.05, 0) is 12.5 Å². The second-order valence-electron chi connectivity index (χ2n) is 5.28. The van der Waals surface area contributed by atoms with E-state index in [1.165, 1.54) is 6.92 Å². The summed E-state index contributed by atoms with van der Waals surface area (Å²) in [4.78, 5) is 29.8. The molecule has 1 heterocycles. The minimum Gasteiger partial charge on any atom is -0.481 e. The number of nitrogens with one attached hydrogen (secondary N) is 1. The SMILES string of the molecule is CC(C(=O)O)C(NC(=O)c1cnc(C(F)(F)F)nc1)c1ccccc1. The molecule has 2 rings (SSSR count). The van der Waals surface area contributed by atoms with Gasteiger partial charge in [0, 0.05) is 12.4 Å². The fourth-order valence-corrected chi connectivity index (χ4v) is 2.12. The molecule has 0 bridgehead atoms. The molecule has 0 spiro atoms. The average molecular weight is 353 g/mol. The zero-order valence-corrected chi connectivity index (χ0v) is 13.0. The van der Waals surface area contributed by atoms with Gasteiger partial charge in [-0.2, -0.15) is 13.2 Å². The van der Waals surface area contributed by atoms with Crippen LogP contribution in [0.15, 0.2) is 42.7 Å². The Kier molecular flexibility index (Phi) is 5.35. The Hall–Kier alpha value is -2.97. The van der Waals surface area contributed by atoms with Crippen LogP contribution in [0.4, 0.5) is 13.2 Å². The van der Waals surface area contributed by atoms with Gasteiger partial charge in [-0.1, -0.05) is 30.3 Å². The summed E-state index contributed by atoms with van der Waals surface area (Å²) in [5.74, 6) is -4.21. The van der Waals surface area contributed by atoms with Crippen LogP contribution in [0.3, 0.4) is 0 Å². The van der Waals surface area contributed by atoms with E-state index < -0.39 is 35.8 Å². The van der Waals surface area contributed by atoms with Crippen molar-refractivity contribution in [2.24, 2.45) is 5.92 Å². The number of carboxylic acid groups (broad SMARTS) is 1. The van der Waals surface area contributed by atoms with Crippen LogP contribution in [0.25, 0.3) is 0 Å². The molecule has 1 aromatic carbocycles. The maximum absolute atomic E-state index is 12.5. The van der Waals surface area contributed by atoms with Crippen LogP contribution in [0.2, 0.25) is 0 Å². The standard InChI is InChI=1S/C16H14F3N3O3/c1-9(14(24)25)12(10-5-3-2-4-6-10)22-13(23)11-7-20-15(21-8-11)16(17,18)19/h2-9,12H,1H3,(H,22,23)(H,24,25). The average Bonchev–Trinajstić information content (AvgIpc) is 2.59. The Morgan fingerprint density at radius 1 is 1.12 bits per heavy atom. The van der Waals surface area contributed by atoms with E-state index in [4.69, 9.17) is 0 Å². The summed E-state index contributed by atoms with van der Waals surface area (Å²) in [6, 6.07) is 7.53. The summed E-state index contributed by atoms with van der Waals surface area (Å²) in [6.07, 6.45) is -3.21. The molecule has 0 aliphatic rings. The molecule has 0 fully saturated rings. The van der Waals surface area contributed by atoms with E-state index >= 15 is 0 Å². The van der Waals surface area contributed by atoms with E-state index in [1.807, 2.05) is 0 Å². The highest BCUT2D eigenvalue weighted by atomic mass is 19.4. The molecule has 9 heteroatoms. The first-order chi connectivity index (χ1) is 11.7. The van der Waals surface area contributed by atoms with Gasteiger partial charge in [0.25, 0.3) is 5.91 Å². The first kappa shape index (κ1) is 18.4. The van der Waals surface area contributed by atoms with E-state index in [2.05, 4.69) is 15.3 Å². The normalized spacial score (nSPS) is 13.8. The summed E-state index contributed by atoms with van der Waals surface area (Å²) in [7, 11) is 0. The monoisotopic (exact) mass is 353 g/mol. The third kappa shape index (κ3) is 4.52. The Balaban J connectivity index is 2.23. The number of rotatable bonds is 5. The van der Waals surface area contributed by atoms with Crippen molar-refractivity contribution in [3.05, 3.63) is 59.7 Å². The van der Waals surface area contributed by atoms with Crippen molar-refractivity contribution in [3.63, 3.8) is 0 Å². The lowest BCUT2D eigenvalue weighted by atomic mass is 9.94. The molecule has 0 saturated heterocycles. The minimum absolute atomic E-state index is 0.202.